The van der Waals surface area contributed by atoms with E-state index < -0.39 is 20.1 Å². The first kappa shape index (κ1) is 16.8. The molecule has 5 heteroatoms. The highest BCUT2D eigenvalue weighted by atomic mass is 32.2. The van der Waals surface area contributed by atoms with Gasteiger partial charge in [0.25, 0.3) is 0 Å². The molecule has 3 N–H and O–H groups in total. The molecule has 0 aliphatic rings. The van der Waals surface area contributed by atoms with Gasteiger partial charge in [0.05, 0.1) is 0 Å². The van der Waals surface area contributed by atoms with Crippen LogP contribution in [-0.2, 0) is 4.79 Å². The van der Waals surface area contributed by atoms with Crippen molar-refractivity contribution in [1.29, 1.82) is 0 Å². The molecular weight excluding hydrogens is 310 g/mol. The van der Waals surface area contributed by atoms with E-state index in [1.807, 2.05) is 12.1 Å². The third kappa shape index (κ3) is 4.00. The fourth-order valence-corrected chi connectivity index (χ4v) is 8.43. The van der Waals surface area contributed by atoms with Crippen LogP contribution in [0.4, 0.5) is 0 Å². The summed E-state index contributed by atoms with van der Waals surface area (Å²) in [4.78, 5) is 10.9. The third-order valence-electron chi connectivity index (χ3n) is 3.83. The number of carboxylic acid groups (broad SMARTS) is 1. The minimum absolute atomic E-state index is 0.442. The van der Waals surface area contributed by atoms with Crippen molar-refractivity contribution in [3.05, 3.63) is 60.7 Å². The monoisotopic (exact) mass is 331 g/mol. The van der Waals surface area contributed by atoms with Gasteiger partial charge in [-0.1, -0.05) is 77.6 Å². The number of carboxylic acids is 1. The minimum atomic E-state index is -1.89. The molecule has 1 atom stereocenters. The van der Waals surface area contributed by atoms with E-state index in [1.165, 1.54) is 10.4 Å². The van der Waals surface area contributed by atoms with Crippen molar-refractivity contribution in [2.24, 2.45) is 5.73 Å². The Bertz CT molecular complexity index is 567. The molecule has 0 saturated heterocycles. The van der Waals surface area contributed by atoms with Gasteiger partial charge in [0.15, 0.2) is 0 Å². The summed E-state index contributed by atoms with van der Waals surface area (Å²) < 4.78 is 0. The zero-order chi connectivity index (χ0) is 16.0. The minimum Gasteiger partial charge on any atom is -0.480 e. The molecule has 0 aliphatic heterocycles. The molecule has 0 amide bonds. The molecule has 0 aliphatic carbocycles. The number of hydrogen-bond acceptors (Lipinski definition) is 3. The van der Waals surface area contributed by atoms with Gasteiger partial charge in [-0.05, 0) is 5.38 Å². The molecule has 22 heavy (non-hydrogen) atoms. The zero-order valence-corrected chi connectivity index (χ0v) is 14.4. The van der Waals surface area contributed by atoms with Gasteiger partial charge in [-0.25, -0.2) is 0 Å². The van der Waals surface area contributed by atoms with Crippen molar-refractivity contribution in [2.75, 3.05) is 11.1 Å². The molecule has 2 rings (SSSR count). The van der Waals surface area contributed by atoms with Crippen molar-refractivity contribution < 1.29 is 9.90 Å². The number of rotatable bonds is 7. The largest absolute Gasteiger partial charge is 0.480 e. The standard InChI is InChI=1S/C17H21NO2SSi/c1-22(14-8-4-2-5-9-14,15-10-6-3-7-11-15)13-21-12-16(18)17(19)20/h2-11,16H,12-13,18H2,1H3,(H,19,20)/t16-/m0/s1. The van der Waals surface area contributed by atoms with Crippen molar-refractivity contribution in [3.8, 4) is 0 Å². The van der Waals surface area contributed by atoms with E-state index in [-0.39, 0.29) is 0 Å². The highest BCUT2D eigenvalue weighted by molar-refractivity contribution is 8.01. The van der Waals surface area contributed by atoms with Crippen LogP contribution < -0.4 is 16.1 Å². The van der Waals surface area contributed by atoms with E-state index in [0.29, 0.717) is 5.75 Å². The molecule has 0 bridgehead atoms. The molecule has 0 aromatic heterocycles. The Hall–Kier alpha value is -1.56. The lowest BCUT2D eigenvalue weighted by Crippen LogP contribution is -2.58. The van der Waals surface area contributed by atoms with Gasteiger partial charge in [-0.3, -0.25) is 4.79 Å². The maximum atomic E-state index is 10.9. The Balaban J connectivity index is 2.22. The van der Waals surface area contributed by atoms with Gasteiger partial charge in [0.1, 0.15) is 14.1 Å². The van der Waals surface area contributed by atoms with Gasteiger partial charge in [0, 0.05) is 5.75 Å². The maximum Gasteiger partial charge on any atom is 0.321 e. The first-order valence-electron chi connectivity index (χ1n) is 7.21. The summed E-state index contributed by atoms with van der Waals surface area (Å²) in [6.45, 7) is 2.33. The number of hydrogen-bond donors (Lipinski definition) is 2. The van der Waals surface area contributed by atoms with Crippen LogP contribution >= 0.6 is 11.8 Å². The lowest BCUT2D eigenvalue weighted by molar-refractivity contribution is -0.137. The Morgan fingerprint density at radius 1 is 1.09 bits per heavy atom. The predicted molar refractivity (Wildman–Crippen MR) is 96.7 cm³/mol. The number of benzene rings is 2. The average Bonchev–Trinajstić information content (AvgIpc) is 2.56. The van der Waals surface area contributed by atoms with Crippen LogP contribution in [0, 0.1) is 0 Å². The Labute approximate surface area is 136 Å². The van der Waals surface area contributed by atoms with Crippen LogP contribution in [0.2, 0.25) is 6.55 Å². The van der Waals surface area contributed by atoms with Gasteiger partial charge in [-0.15, -0.1) is 0 Å². The van der Waals surface area contributed by atoms with E-state index in [0.717, 1.165) is 5.38 Å². The summed E-state index contributed by atoms with van der Waals surface area (Å²) in [7, 11) is -1.89. The first-order valence-corrected chi connectivity index (χ1v) is 11.1. The zero-order valence-electron chi connectivity index (χ0n) is 12.6. The topological polar surface area (TPSA) is 63.3 Å². The Kier molecular flexibility index (Phi) is 5.82. The molecule has 0 fully saturated rings. The SMILES string of the molecule is C[Si](CSC[C@H](N)C(=O)O)(c1ccccc1)c1ccccc1. The highest BCUT2D eigenvalue weighted by Gasteiger charge is 2.31. The van der Waals surface area contributed by atoms with Crippen molar-refractivity contribution in [2.45, 2.75) is 12.6 Å². The summed E-state index contributed by atoms with van der Waals surface area (Å²) >= 11 is 1.64. The summed E-state index contributed by atoms with van der Waals surface area (Å²) in [5.74, 6) is -0.493. The number of thioether (sulfide) groups is 1. The van der Waals surface area contributed by atoms with Crippen LogP contribution in [0.5, 0.6) is 0 Å². The number of nitrogens with two attached hydrogens (primary N) is 1. The molecule has 3 nitrogen and oxygen atoms in total. The quantitative estimate of drug-likeness (QED) is 0.756. The highest BCUT2D eigenvalue weighted by Crippen LogP contribution is 2.14. The van der Waals surface area contributed by atoms with Gasteiger partial charge in [-0.2, -0.15) is 11.8 Å². The van der Waals surface area contributed by atoms with E-state index in [2.05, 4.69) is 55.1 Å². The molecule has 0 saturated carbocycles. The fourth-order valence-electron chi connectivity index (χ4n) is 2.41. The van der Waals surface area contributed by atoms with Crippen LogP contribution in [0.1, 0.15) is 0 Å². The first-order chi connectivity index (χ1) is 10.5. The van der Waals surface area contributed by atoms with Gasteiger partial charge in [0.2, 0.25) is 0 Å². The van der Waals surface area contributed by atoms with E-state index in [4.69, 9.17) is 10.8 Å². The van der Waals surface area contributed by atoms with Crippen LogP contribution in [0.25, 0.3) is 0 Å². The summed E-state index contributed by atoms with van der Waals surface area (Å²) in [5, 5.41) is 12.6. The van der Waals surface area contributed by atoms with Gasteiger partial charge >= 0.3 is 5.97 Å². The van der Waals surface area contributed by atoms with E-state index in [1.54, 1.807) is 11.8 Å². The van der Waals surface area contributed by atoms with Gasteiger partial charge < -0.3 is 10.8 Å². The number of carbonyl (C=O) groups is 1. The second-order valence-corrected chi connectivity index (χ2v) is 11.2. The predicted octanol–water partition coefficient (Wildman–Crippen LogP) is 1.56. The second-order valence-electron chi connectivity index (χ2n) is 5.52. The molecule has 0 unspecified atom stereocenters. The van der Waals surface area contributed by atoms with Crippen LogP contribution in [0.15, 0.2) is 60.7 Å². The fraction of sp³-hybridized carbons (Fsp3) is 0.235. The smallest absolute Gasteiger partial charge is 0.321 e. The lowest BCUT2D eigenvalue weighted by atomic mass is 10.4. The lowest BCUT2D eigenvalue weighted by Gasteiger charge is -2.28. The third-order valence-corrected chi connectivity index (χ3v) is 10.8. The summed E-state index contributed by atoms with van der Waals surface area (Å²) in [6.07, 6.45) is 0. The number of aliphatic carboxylic acids is 1. The molecule has 0 radical (unpaired) electrons. The Morgan fingerprint density at radius 3 is 1.95 bits per heavy atom. The van der Waals surface area contributed by atoms with Crippen molar-refractivity contribution >= 4 is 36.2 Å². The normalized spacial score (nSPS) is 12.8. The van der Waals surface area contributed by atoms with Crippen LogP contribution in [0.3, 0.4) is 0 Å². The molecule has 2 aromatic rings. The maximum absolute atomic E-state index is 10.9. The van der Waals surface area contributed by atoms with E-state index >= 15 is 0 Å². The van der Waals surface area contributed by atoms with E-state index in [9.17, 15) is 4.79 Å². The van der Waals surface area contributed by atoms with Crippen LogP contribution in [-0.4, -0.2) is 36.3 Å². The molecular formula is C17H21NO2SSi. The Morgan fingerprint density at radius 2 is 1.55 bits per heavy atom. The average molecular weight is 332 g/mol. The second kappa shape index (κ2) is 7.62. The molecule has 0 spiro atoms. The molecule has 2 aromatic carbocycles. The molecule has 0 heterocycles. The van der Waals surface area contributed by atoms with Crippen molar-refractivity contribution in [3.63, 3.8) is 0 Å². The van der Waals surface area contributed by atoms with Crippen molar-refractivity contribution in [1.82, 2.24) is 0 Å². The summed E-state index contributed by atoms with van der Waals surface area (Å²) in [5.41, 5.74) is 5.62. The molecule has 116 valence electrons. The summed E-state index contributed by atoms with van der Waals surface area (Å²) in [6, 6.07) is 20.2.